The molecule has 1 saturated carbocycles. The molecule has 0 heterocycles. The number of ether oxygens (including phenoxy) is 1. The molecule has 2 atom stereocenters. The molecule has 0 aromatic heterocycles. The molecule has 80 valence electrons. The summed E-state index contributed by atoms with van der Waals surface area (Å²) in [6.45, 7) is 5.86. The number of carbonyl (C=O) groups is 1. The predicted molar refractivity (Wildman–Crippen MR) is 48.0 cm³/mol. The number of esters is 1. The lowest BCUT2D eigenvalue weighted by Gasteiger charge is -2.09. The number of halogens is 2. The van der Waals surface area contributed by atoms with Crippen LogP contribution in [0, 0.1) is 11.3 Å². The van der Waals surface area contributed by atoms with E-state index in [2.05, 4.69) is 11.3 Å². The summed E-state index contributed by atoms with van der Waals surface area (Å²) in [7, 11) is 0. The Labute approximate surface area is 81.9 Å². The van der Waals surface area contributed by atoms with Crippen molar-refractivity contribution in [3.05, 3.63) is 12.7 Å². The van der Waals surface area contributed by atoms with Gasteiger partial charge in [-0.05, 0) is 6.42 Å². The largest absolute Gasteiger partial charge is 0.465 e. The lowest BCUT2D eigenvalue weighted by atomic mass is 10.1. The van der Waals surface area contributed by atoms with Gasteiger partial charge in [-0.1, -0.05) is 13.0 Å². The first-order valence-electron chi connectivity index (χ1n) is 4.48. The quantitative estimate of drug-likeness (QED) is 0.519. The van der Waals surface area contributed by atoms with E-state index in [-0.39, 0.29) is 13.0 Å². The summed E-state index contributed by atoms with van der Waals surface area (Å²) in [6.07, 6.45) is 1.72. The van der Waals surface area contributed by atoms with Gasteiger partial charge in [0.2, 0.25) is 0 Å². The number of carbonyl (C=O) groups excluding carboxylic acids is 1. The first kappa shape index (κ1) is 11.1. The molecule has 1 aliphatic rings. The molecule has 0 spiro atoms. The number of hydrogen-bond donors (Lipinski definition) is 0. The monoisotopic (exact) mass is 204 g/mol. The maximum absolute atomic E-state index is 13.2. The second-order valence-corrected chi connectivity index (χ2v) is 3.90. The fourth-order valence-electron chi connectivity index (χ4n) is 1.70. The van der Waals surface area contributed by atoms with Crippen LogP contribution in [0.3, 0.4) is 0 Å². The Bertz CT molecular complexity index is 263. The third kappa shape index (κ3) is 1.53. The van der Waals surface area contributed by atoms with E-state index in [9.17, 15) is 13.6 Å². The van der Waals surface area contributed by atoms with E-state index in [0.29, 0.717) is 0 Å². The summed E-state index contributed by atoms with van der Waals surface area (Å²) < 4.78 is 31.1. The average Bonchev–Trinajstić information content (AvgIpc) is 2.48. The topological polar surface area (TPSA) is 26.3 Å². The van der Waals surface area contributed by atoms with Crippen LogP contribution < -0.4 is 0 Å². The molecule has 1 fully saturated rings. The van der Waals surface area contributed by atoms with Gasteiger partial charge >= 0.3 is 5.97 Å². The Balaban J connectivity index is 2.58. The molecule has 0 aromatic rings. The van der Waals surface area contributed by atoms with Crippen molar-refractivity contribution < 1.29 is 18.3 Å². The number of rotatable bonds is 4. The fraction of sp³-hybridized carbons (Fsp3) is 0.700. The first-order valence-corrected chi connectivity index (χ1v) is 4.48. The molecule has 0 aliphatic heterocycles. The maximum atomic E-state index is 13.2. The van der Waals surface area contributed by atoms with Crippen molar-refractivity contribution >= 4 is 5.97 Å². The van der Waals surface area contributed by atoms with Gasteiger partial charge in [0.25, 0.3) is 5.92 Å². The van der Waals surface area contributed by atoms with Crippen molar-refractivity contribution in [2.24, 2.45) is 11.3 Å². The summed E-state index contributed by atoms with van der Waals surface area (Å²) in [5, 5.41) is 0. The van der Waals surface area contributed by atoms with Crippen LogP contribution >= 0.6 is 0 Å². The molecule has 0 unspecified atom stereocenters. The van der Waals surface area contributed by atoms with Crippen LogP contribution in [-0.4, -0.2) is 18.5 Å². The van der Waals surface area contributed by atoms with E-state index < -0.39 is 23.2 Å². The minimum absolute atomic E-state index is 0.214. The molecule has 2 nitrogen and oxygen atoms in total. The third-order valence-corrected chi connectivity index (χ3v) is 2.86. The summed E-state index contributed by atoms with van der Waals surface area (Å²) in [5.74, 6) is -4.01. The highest BCUT2D eigenvalue weighted by molar-refractivity contribution is 5.66. The van der Waals surface area contributed by atoms with Gasteiger partial charge in [-0.2, -0.15) is 0 Å². The van der Waals surface area contributed by atoms with Gasteiger partial charge in [0.15, 0.2) is 0 Å². The Hall–Kier alpha value is -0.930. The van der Waals surface area contributed by atoms with Crippen LogP contribution in [0.5, 0.6) is 0 Å². The Morgan fingerprint density at radius 2 is 2.21 bits per heavy atom. The first-order chi connectivity index (χ1) is 6.36. The van der Waals surface area contributed by atoms with Crippen LogP contribution in [0.2, 0.25) is 0 Å². The molecule has 0 N–H and O–H groups in total. The van der Waals surface area contributed by atoms with Gasteiger partial charge in [-0.25, -0.2) is 8.78 Å². The lowest BCUT2D eigenvalue weighted by molar-refractivity contribution is -0.143. The molecule has 0 bridgehead atoms. The van der Waals surface area contributed by atoms with Gasteiger partial charge in [-0.15, -0.1) is 6.58 Å². The summed E-state index contributed by atoms with van der Waals surface area (Å²) in [4.78, 5) is 10.5. The number of hydrogen-bond acceptors (Lipinski definition) is 2. The second kappa shape index (κ2) is 3.33. The molecule has 0 aromatic carbocycles. The van der Waals surface area contributed by atoms with Crippen LogP contribution in [-0.2, 0) is 9.53 Å². The summed E-state index contributed by atoms with van der Waals surface area (Å²) >= 11 is 0. The van der Waals surface area contributed by atoms with Crippen LogP contribution in [0.15, 0.2) is 12.7 Å². The molecule has 1 rings (SSSR count). The zero-order chi connectivity index (χ0) is 11.0. The van der Waals surface area contributed by atoms with E-state index in [1.54, 1.807) is 0 Å². The van der Waals surface area contributed by atoms with Gasteiger partial charge in [0.1, 0.15) is 6.61 Å². The highest BCUT2D eigenvalue weighted by Crippen LogP contribution is 2.67. The maximum Gasteiger partial charge on any atom is 0.302 e. The smallest absolute Gasteiger partial charge is 0.302 e. The minimum atomic E-state index is -2.74. The molecular weight excluding hydrogens is 190 g/mol. The van der Waals surface area contributed by atoms with E-state index >= 15 is 0 Å². The minimum Gasteiger partial charge on any atom is -0.465 e. The second-order valence-electron chi connectivity index (χ2n) is 3.90. The average molecular weight is 204 g/mol. The molecule has 4 heteroatoms. The van der Waals surface area contributed by atoms with Crippen LogP contribution in [0.4, 0.5) is 8.78 Å². The van der Waals surface area contributed by atoms with E-state index in [1.807, 2.05) is 0 Å². The predicted octanol–water partition coefficient (Wildman–Crippen LogP) is 2.40. The Morgan fingerprint density at radius 1 is 1.64 bits per heavy atom. The van der Waals surface area contributed by atoms with Crippen LogP contribution in [0.1, 0.15) is 20.3 Å². The van der Waals surface area contributed by atoms with Crippen molar-refractivity contribution in [2.45, 2.75) is 26.2 Å². The summed E-state index contributed by atoms with van der Waals surface area (Å²) in [5.41, 5.74) is -1.20. The van der Waals surface area contributed by atoms with Crippen LogP contribution in [0.25, 0.3) is 0 Å². The van der Waals surface area contributed by atoms with Crippen molar-refractivity contribution in [3.8, 4) is 0 Å². The highest BCUT2D eigenvalue weighted by atomic mass is 19.3. The van der Waals surface area contributed by atoms with E-state index in [0.717, 1.165) is 0 Å². The molecule has 0 saturated heterocycles. The zero-order valence-corrected chi connectivity index (χ0v) is 8.35. The van der Waals surface area contributed by atoms with E-state index in [4.69, 9.17) is 0 Å². The van der Waals surface area contributed by atoms with Gasteiger partial charge in [0.05, 0.1) is 5.41 Å². The van der Waals surface area contributed by atoms with Crippen molar-refractivity contribution in [1.29, 1.82) is 0 Å². The van der Waals surface area contributed by atoms with Crippen molar-refractivity contribution in [1.82, 2.24) is 0 Å². The van der Waals surface area contributed by atoms with Gasteiger partial charge in [0, 0.05) is 12.8 Å². The molecule has 0 amide bonds. The van der Waals surface area contributed by atoms with Gasteiger partial charge in [-0.3, -0.25) is 4.79 Å². The van der Waals surface area contributed by atoms with E-state index in [1.165, 1.54) is 19.9 Å². The normalized spacial score (nSPS) is 33.6. The SMILES string of the molecule is C=CC[C@@H]1C(F)(F)[C@@]1(C)COC(C)=O. The fourth-order valence-corrected chi connectivity index (χ4v) is 1.70. The third-order valence-electron chi connectivity index (χ3n) is 2.86. The summed E-state index contributed by atoms with van der Waals surface area (Å²) in [6, 6.07) is 0. The van der Waals surface area contributed by atoms with Gasteiger partial charge < -0.3 is 4.74 Å². The zero-order valence-electron chi connectivity index (χ0n) is 8.35. The standard InChI is InChI=1S/C10H14F2O2/c1-4-5-8-9(3,10(8,11)12)6-14-7(2)13/h4,8H,1,5-6H2,2-3H3/t8-,9-/m0/s1. The van der Waals surface area contributed by atoms with Crippen molar-refractivity contribution in [2.75, 3.05) is 6.61 Å². The number of allylic oxidation sites excluding steroid dienone is 1. The lowest BCUT2D eigenvalue weighted by Crippen LogP contribution is -2.16. The number of alkyl halides is 2. The van der Waals surface area contributed by atoms with Crippen molar-refractivity contribution in [3.63, 3.8) is 0 Å². The molecule has 14 heavy (non-hydrogen) atoms. The molecule has 0 radical (unpaired) electrons. The molecular formula is C10H14F2O2. The Kier molecular flexibility index (Phi) is 2.65. The molecule has 1 aliphatic carbocycles. The highest BCUT2D eigenvalue weighted by Gasteiger charge is 2.77. The Morgan fingerprint density at radius 3 is 2.64 bits per heavy atom.